The summed E-state index contributed by atoms with van der Waals surface area (Å²) in [4.78, 5) is 6.50. The first-order valence-corrected chi connectivity index (χ1v) is 7.29. The van der Waals surface area contributed by atoms with Crippen molar-refractivity contribution in [1.29, 1.82) is 0 Å². The molecule has 5 heteroatoms. The average Bonchev–Trinajstić information content (AvgIpc) is 2.97. The maximum Gasteiger partial charge on any atom is 0.0728 e. The van der Waals surface area contributed by atoms with Gasteiger partial charge in [-0.3, -0.25) is 9.67 Å². The number of nitrogens with one attached hydrogen (secondary N) is 1. The molecule has 20 heavy (non-hydrogen) atoms. The number of nitrogens with zero attached hydrogens (tertiary/aromatic N) is 4. The molecule has 2 aromatic rings. The van der Waals surface area contributed by atoms with E-state index in [0.29, 0.717) is 6.04 Å². The highest BCUT2D eigenvalue weighted by atomic mass is 15.3. The highest BCUT2D eigenvalue weighted by Crippen LogP contribution is 2.21. The highest BCUT2D eigenvalue weighted by Gasteiger charge is 2.19. The number of aryl methyl sites for hydroxylation is 1. The van der Waals surface area contributed by atoms with Gasteiger partial charge >= 0.3 is 0 Å². The highest BCUT2D eigenvalue weighted by molar-refractivity contribution is 5.46. The van der Waals surface area contributed by atoms with Gasteiger partial charge in [0.2, 0.25) is 0 Å². The number of hydrogen-bond donors (Lipinski definition) is 1. The van der Waals surface area contributed by atoms with Gasteiger partial charge in [0, 0.05) is 50.0 Å². The second kappa shape index (κ2) is 5.94. The van der Waals surface area contributed by atoms with Gasteiger partial charge in [-0.15, -0.1) is 0 Å². The fourth-order valence-corrected chi connectivity index (χ4v) is 2.68. The molecule has 0 atom stereocenters. The number of piperidine rings is 1. The van der Waals surface area contributed by atoms with Crippen LogP contribution in [0.2, 0.25) is 0 Å². The summed E-state index contributed by atoms with van der Waals surface area (Å²) in [6.07, 6.45) is 10.0. The zero-order chi connectivity index (χ0) is 13.8. The molecule has 0 spiro atoms. The van der Waals surface area contributed by atoms with E-state index in [0.717, 1.165) is 38.2 Å². The molecular weight excluding hydrogens is 250 g/mol. The molecule has 5 nitrogen and oxygen atoms in total. The van der Waals surface area contributed by atoms with Gasteiger partial charge in [-0.1, -0.05) is 0 Å². The van der Waals surface area contributed by atoms with Crippen LogP contribution in [-0.2, 0) is 6.54 Å². The first-order valence-electron chi connectivity index (χ1n) is 7.29. The van der Waals surface area contributed by atoms with Gasteiger partial charge in [0.05, 0.1) is 11.9 Å². The van der Waals surface area contributed by atoms with Crippen LogP contribution < -0.4 is 10.2 Å². The lowest BCUT2D eigenvalue weighted by Gasteiger charge is -2.34. The van der Waals surface area contributed by atoms with Crippen molar-refractivity contribution in [1.82, 2.24) is 14.8 Å². The molecule has 0 bridgehead atoms. The number of anilines is 2. The minimum Gasteiger partial charge on any atom is -0.380 e. The van der Waals surface area contributed by atoms with E-state index in [2.05, 4.69) is 45.6 Å². The Kier molecular flexibility index (Phi) is 3.85. The lowest BCUT2D eigenvalue weighted by atomic mass is 10.0. The quantitative estimate of drug-likeness (QED) is 0.927. The molecule has 1 aliphatic rings. The average molecular weight is 271 g/mol. The standard InChI is InChI=1S/C15H21N5/c1-2-20-12-14(11-17-20)18-13-5-9-19(10-6-13)15-3-7-16-8-4-15/h3-4,7-8,11-13,18H,2,5-6,9-10H2,1H3. The second-order valence-electron chi connectivity index (χ2n) is 5.20. The van der Waals surface area contributed by atoms with Crippen molar-refractivity contribution < 1.29 is 0 Å². The van der Waals surface area contributed by atoms with Crippen LogP contribution in [0, 0.1) is 0 Å². The van der Waals surface area contributed by atoms with Crippen LogP contribution in [0.4, 0.5) is 11.4 Å². The van der Waals surface area contributed by atoms with Crippen molar-refractivity contribution in [3.05, 3.63) is 36.9 Å². The van der Waals surface area contributed by atoms with E-state index in [1.165, 1.54) is 5.69 Å². The Hall–Kier alpha value is -2.04. The maximum atomic E-state index is 4.30. The van der Waals surface area contributed by atoms with Crippen molar-refractivity contribution >= 4 is 11.4 Å². The summed E-state index contributed by atoms with van der Waals surface area (Å²) in [5, 5.41) is 7.88. The Bertz CT molecular complexity index is 528. The van der Waals surface area contributed by atoms with Crippen LogP contribution in [0.1, 0.15) is 19.8 Å². The predicted octanol–water partition coefficient (Wildman–Crippen LogP) is 2.38. The van der Waals surface area contributed by atoms with Crippen molar-refractivity contribution in [2.24, 2.45) is 0 Å². The molecule has 0 radical (unpaired) electrons. The fourth-order valence-electron chi connectivity index (χ4n) is 2.68. The largest absolute Gasteiger partial charge is 0.380 e. The third kappa shape index (κ3) is 2.92. The topological polar surface area (TPSA) is 46.0 Å². The van der Waals surface area contributed by atoms with Crippen LogP contribution >= 0.6 is 0 Å². The van der Waals surface area contributed by atoms with Gasteiger partial charge in [-0.05, 0) is 31.9 Å². The summed E-state index contributed by atoms with van der Waals surface area (Å²) in [6.45, 7) is 5.19. The van der Waals surface area contributed by atoms with Crippen LogP contribution in [0.15, 0.2) is 36.9 Å². The van der Waals surface area contributed by atoms with Gasteiger partial charge in [-0.25, -0.2) is 0 Å². The number of aromatic nitrogens is 3. The Morgan fingerprint density at radius 3 is 2.65 bits per heavy atom. The van der Waals surface area contributed by atoms with E-state index in [4.69, 9.17) is 0 Å². The van der Waals surface area contributed by atoms with E-state index in [1.807, 2.05) is 23.3 Å². The Labute approximate surface area is 119 Å². The molecule has 1 aliphatic heterocycles. The van der Waals surface area contributed by atoms with E-state index >= 15 is 0 Å². The monoisotopic (exact) mass is 271 g/mol. The van der Waals surface area contributed by atoms with Crippen LogP contribution in [-0.4, -0.2) is 33.9 Å². The fraction of sp³-hybridized carbons (Fsp3) is 0.467. The predicted molar refractivity (Wildman–Crippen MR) is 81.0 cm³/mol. The maximum absolute atomic E-state index is 4.30. The minimum atomic E-state index is 0.544. The molecule has 1 fully saturated rings. The van der Waals surface area contributed by atoms with E-state index < -0.39 is 0 Å². The number of pyridine rings is 1. The molecule has 0 aliphatic carbocycles. The number of rotatable bonds is 4. The summed E-state index contributed by atoms with van der Waals surface area (Å²) >= 11 is 0. The van der Waals surface area contributed by atoms with Crippen molar-refractivity contribution in [3.8, 4) is 0 Å². The SMILES string of the molecule is CCn1cc(NC2CCN(c3ccncc3)CC2)cn1. The molecular formula is C15H21N5. The third-order valence-corrected chi connectivity index (χ3v) is 3.85. The first kappa shape index (κ1) is 13.0. The van der Waals surface area contributed by atoms with Crippen molar-refractivity contribution in [2.75, 3.05) is 23.3 Å². The molecule has 2 aromatic heterocycles. The molecule has 0 unspecified atom stereocenters. The van der Waals surface area contributed by atoms with Crippen molar-refractivity contribution in [2.45, 2.75) is 32.4 Å². The Balaban J connectivity index is 1.53. The second-order valence-corrected chi connectivity index (χ2v) is 5.20. The molecule has 3 heterocycles. The minimum absolute atomic E-state index is 0.544. The van der Waals surface area contributed by atoms with E-state index in [1.54, 1.807) is 0 Å². The summed E-state index contributed by atoms with van der Waals surface area (Å²) in [6, 6.07) is 4.71. The first-order chi connectivity index (χ1) is 9.85. The molecule has 106 valence electrons. The van der Waals surface area contributed by atoms with E-state index in [-0.39, 0.29) is 0 Å². The van der Waals surface area contributed by atoms with Gasteiger partial charge in [0.1, 0.15) is 0 Å². The smallest absolute Gasteiger partial charge is 0.0728 e. The van der Waals surface area contributed by atoms with Crippen LogP contribution in [0.25, 0.3) is 0 Å². The lowest BCUT2D eigenvalue weighted by Crippen LogP contribution is -2.39. The zero-order valence-corrected chi connectivity index (χ0v) is 11.9. The zero-order valence-electron chi connectivity index (χ0n) is 11.9. The third-order valence-electron chi connectivity index (χ3n) is 3.85. The Morgan fingerprint density at radius 2 is 2.00 bits per heavy atom. The normalized spacial score (nSPS) is 16.4. The van der Waals surface area contributed by atoms with Crippen LogP contribution in [0.3, 0.4) is 0 Å². The van der Waals surface area contributed by atoms with Gasteiger partial charge in [0.25, 0.3) is 0 Å². The van der Waals surface area contributed by atoms with Gasteiger partial charge in [0.15, 0.2) is 0 Å². The van der Waals surface area contributed by atoms with Gasteiger partial charge in [-0.2, -0.15) is 5.10 Å². The summed E-state index contributed by atoms with van der Waals surface area (Å²) in [5.41, 5.74) is 2.41. The number of hydrogen-bond acceptors (Lipinski definition) is 4. The van der Waals surface area contributed by atoms with E-state index in [9.17, 15) is 0 Å². The molecule has 1 N–H and O–H groups in total. The van der Waals surface area contributed by atoms with Gasteiger partial charge < -0.3 is 10.2 Å². The molecule has 0 aromatic carbocycles. The summed E-state index contributed by atoms with van der Waals surface area (Å²) < 4.78 is 1.95. The molecule has 0 saturated carbocycles. The summed E-state index contributed by atoms with van der Waals surface area (Å²) in [7, 11) is 0. The molecule has 3 rings (SSSR count). The lowest BCUT2D eigenvalue weighted by molar-refractivity contribution is 0.526. The van der Waals surface area contributed by atoms with Crippen LogP contribution in [0.5, 0.6) is 0 Å². The Morgan fingerprint density at radius 1 is 1.25 bits per heavy atom. The molecule has 1 saturated heterocycles. The molecule has 0 amide bonds. The van der Waals surface area contributed by atoms with Crippen molar-refractivity contribution in [3.63, 3.8) is 0 Å². The summed E-state index contributed by atoms with van der Waals surface area (Å²) in [5.74, 6) is 0.